The smallest absolute Gasteiger partial charge is 0.317 e. The molecule has 2 rings (SSSR count). The first-order valence-corrected chi connectivity index (χ1v) is 6.72. The predicted octanol–water partition coefficient (Wildman–Crippen LogP) is 2.88. The predicted molar refractivity (Wildman–Crippen MR) is 69.7 cm³/mol. The van der Waals surface area contributed by atoms with Crippen LogP contribution in [-0.4, -0.2) is 29.1 Å². The lowest BCUT2D eigenvalue weighted by Crippen LogP contribution is -2.31. The Kier molecular flexibility index (Phi) is 4.35. The maximum absolute atomic E-state index is 13.7. The highest BCUT2D eigenvalue weighted by molar-refractivity contribution is 9.10. The molecule has 5 heteroatoms. The molecule has 0 bridgehead atoms. The molecule has 0 saturated heterocycles. The monoisotopic (exact) mass is 315 g/mol. The van der Waals surface area contributed by atoms with E-state index < -0.39 is 5.97 Å². The maximum atomic E-state index is 13.7. The summed E-state index contributed by atoms with van der Waals surface area (Å²) in [6, 6.07) is 4.88. The number of carboxylic acid groups (broad SMARTS) is 1. The Morgan fingerprint density at radius 1 is 1.50 bits per heavy atom. The van der Waals surface area contributed by atoms with Gasteiger partial charge in [-0.2, -0.15) is 0 Å². The van der Waals surface area contributed by atoms with Crippen molar-refractivity contribution in [2.75, 3.05) is 13.1 Å². The number of hydrogen-bond donors (Lipinski definition) is 1. The summed E-state index contributed by atoms with van der Waals surface area (Å²) in [7, 11) is 0. The van der Waals surface area contributed by atoms with Crippen molar-refractivity contribution in [3.05, 3.63) is 34.1 Å². The average Bonchev–Trinajstić information content (AvgIpc) is 3.05. The third-order valence-electron chi connectivity index (χ3n) is 2.98. The Balaban J connectivity index is 2.03. The molecule has 1 fully saturated rings. The summed E-state index contributed by atoms with van der Waals surface area (Å²) in [5.41, 5.74) is 0.542. The highest BCUT2D eigenvalue weighted by Crippen LogP contribution is 2.30. The van der Waals surface area contributed by atoms with Crippen molar-refractivity contribution in [3.8, 4) is 0 Å². The van der Waals surface area contributed by atoms with Gasteiger partial charge in [0.15, 0.2) is 0 Å². The normalized spacial score (nSPS) is 15.1. The summed E-state index contributed by atoms with van der Waals surface area (Å²) in [6.07, 6.45) is 2.30. The Morgan fingerprint density at radius 3 is 2.78 bits per heavy atom. The number of aliphatic carboxylic acids is 1. The molecule has 0 spiro atoms. The molecule has 1 N–H and O–H groups in total. The lowest BCUT2D eigenvalue weighted by atomic mass is 10.2. The molecule has 0 radical (unpaired) electrons. The number of nitrogens with zero attached hydrogens (tertiary/aromatic N) is 1. The van der Waals surface area contributed by atoms with E-state index in [1.165, 1.54) is 6.07 Å². The largest absolute Gasteiger partial charge is 0.480 e. The fourth-order valence-corrected chi connectivity index (χ4v) is 2.27. The van der Waals surface area contributed by atoms with Crippen molar-refractivity contribution in [2.24, 2.45) is 5.92 Å². The van der Waals surface area contributed by atoms with Crippen LogP contribution in [-0.2, 0) is 11.3 Å². The van der Waals surface area contributed by atoms with Gasteiger partial charge in [-0.3, -0.25) is 9.69 Å². The van der Waals surface area contributed by atoms with Gasteiger partial charge < -0.3 is 5.11 Å². The molecule has 0 aromatic heterocycles. The zero-order valence-corrected chi connectivity index (χ0v) is 11.5. The van der Waals surface area contributed by atoms with Crippen LogP contribution in [0.25, 0.3) is 0 Å². The Bertz CT molecular complexity index is 449. The zero-order chi connectivity index (χ0) is 13.1. The van der Waals surface area contributed by atoms with Gasteiger partial charge in [-0.25, -0.2) is 4.39 Å². The first-order valence-electron chi connectivity index (χ1n) is 5.92. The van der Waals surface area contributed by atoms with Gasteiger partial charge in [-0.15, -0.1) is 0 Å². The zero-order valence-electron chi connectivity index (χ0n) is 9.90. The van der Waals surface area contributed by atoms with Crippen LogP contribution < -0.4 is 0 Å². The lowest BCUT2D eigenvalue weighted by Gasteiger charge is -2.20. The molecular formula is C13H15BrFNO2. The summed E-state index contributed by atoms with van der Waals surface area (Å²) < 4.78 is 14.4. The summed E-state index contributed by atoms with van der Waals surface area (Å²) in [5, 5.41) is 8.87. The second kappa shape index (κ2) is 5.80. The minimum absolute atomic E-state index is 0.0357. The first kappa shape index (κ1) is 13.5. The number of hydrogen-bond acceptors (Lipinski definition) is 2. The fourth-order valence-electron chi connectivity index (χ4n) is 1.93. The summed E-state index contributed by atoms with van der Waals surface area (Å²) in [5.74, 6) is -0.577. The van der Waals surface area contributed by atoms with E-state index in [2.05, 4.69) is 15.9 Å². The van der Waals surface area contributed by atoms with Gasteiger partial charge >= 0.3 is 5.97 Å². The molecule has 1 aromatic carbocycles. The van der Waals surface area contributed by atoms with E-state index in [1.807, 2.05) is 0 Å². The van der Waals surface area contributed by atoms with Crippen LogP contribution >= 0.6 is 15.9 Å². The molecule has 1 aromatic rings. The van der Waals surface area contributed by atoms with Crippen LogP contribution in [0.3, 0.4) is 0 Å². The van der Waals surface area contributed by atoms with Gasteiger partial charge in [0.05, 0.1) is 6.54 Å². The van der Waals surface area contributed by atoms with Gasteiger partial charge in [0.25, 0.3) is 0 Å². The third-order valence-corrected chi connectivity index (χ3v) is 3.47. The van der Waals surface area contributed by atoms with Crippen LogP contribution in [0.1, 0.15) is 18.4 Å². The number of halogens is 2. The van der Waals surface area contributed by atoms with Crippen LogP contribution in [0, 0.1) is 11.7 Å². The highest BCUT2D eigenvalue weighted by Gasteiger charge is 2.25. The molecule has 0 atom stereocenters. The lowest BCUT2D eigenvalue weighted by molar-refractivity contribution is -0.138. The second-order valence-electron chi connectivity index (χ2n) is 4.74. The molecule has 0 heterocycles. The Morgan fingerprint density at radius 2 is 2.22 bits per heavy atom. The third kappa shape index (κ3) is 4.07. The van der Waals surface area contributed by atoms with Crippen LogP contribution in [0.15, 0.2) is 22.7 Å². The molecule has 98 valence electrons. The Labute approximate surface area is 114 Å². The van der Waals surface area contributed by atoms with Crippen molar-refractivity contribution in [3.63, 3.8) is 0 Å². The SMILES string of the molecule is O=C(O)CN(Cc1ccc(Br)cc1F)CC1CC1. The molecule has 18 heavy (non-hydrogen) atoms. The van der Waals surface area contributed by atoms with E-state index in [9.17, 15) is 9.18 Å². The molecule has 0 aliphatic heterocycles. The average molecular weight is 316 g/mol. The minimum Gasteiger partial charge on any atom is -0.480 e. The first-order chi connectivity index (χ1) is 8.54. The number of rotatable bonds is 6. The van der Waals surface area contributed by atoms with E-state index in [4.69, 9.17) is 5.11 Å². The second-order valence-corrected chi connectivity index (χ2v) is 5.66. The van der Waals surface area contributed by atoms with Crippen LogP contribution in [0.2, 0.25) is 0 Å². The summed E-state index contributed by atoms with van der Waals surface area (Å²) in [4.78, 5) is 12.6. The molecular weight excluding hydrogens is 301 g/mol. The quantitative estimate of drug-likeness (QED) is 0.877. The Hall–Kier alpha value is -0.940. The van der Waals surface area contributed by atoms with Crippen molar-refractivity contribution in [2.45, 2.75) is 19.4 Å². The van der Waals surface area contributed by atoms with Gasteiger partial charge in [0.2, 0.25) is 0 Å². The van der Waals surface area contributed by atoms with Crippen LogP contribution in [0.5, 0.6) is 0 Å². The van der Waals surface area contributed by atoms with E-state index in [0.29, 0.717) is 22.5 Å². The number of benzene rings is 1. The fraction of sp³-hybridized carbons (Fsp3) is 0.462. The molecule has 1 aliphatic rings. The van der Waals surface area contributed by atoms with Gasteiger partial charge in [-0.1, -0.05) is 22.0 Å². The molecule has 1 saturated carbocycles. The summed E-state index contributed by atoms with van der Waals surface area (Å²) >= 11 is 3.21. The van der Waals surface area contributed by atoms with Crippen molar-refractivity contribution >= 4 is 21.9 Å². The van der Waals surface area contributed by atoms with Gasteiger partial charge in [0, 0.05) is 23.1 Å². The van der Waals surface area contributed by atoms with Crippen molar-refractivity contribution in [1.29, 1.82) is 0 Å². The van der Waals surface area contributed by atoms with Crippen molar-refractivity contribution < 1.29 is 14.3 Å². The highest BCUT2D eigenvalue weighted by atomic mass is 79.9. The van der Waals surface area contributed by atoms with E-state index in [0.717, 1.165) is 19.4 Å². The van der Waals surface area contributed by atoms with E-state index in [-0.39, 0.29) is 12.4 Å². The number of carbonyl (C=O) groups is 1. The maximum Gasteiger partial charge on any atom is 0.317 e. The topological polar surface area (TPSA) is 40.5 Å². The molecule has 0 amide bonds. The minimum atomic E-state index is -0.867. The van der Waals surface area contributed by atoms with Crippen molar-refractivity contribution in [1.82, 2.24) is 4.90 Å². The standard InChI is InChI=1S/C13H15BrFNO2/c14-11-4-3-10(12(15)5-11)7-16(8-13(17)18)6-9-1-2-9/h3-5,9H,1-2,6-8H2,(H,17,18). The van der Waals surface area contributed by atoms with Gasteiger partial charge in [0.1, 0.15) is 5.82 Å². The number of carboxylic acids is 1. The summed E-state index contributed by atoms with van der Waals surface area (Å²) in [6.45, 7) is 1.05. The van der Waals surface area contributed by atoms with E-state index >= 15 is 0 Å². The van der Waals surface area contributed by atoms with Crippen LogP contribution in [0.4, 0.5) is 4.39 Å². The molecule has 3 nitrogen and oxygen atoms in total. The van der Waals surface area contributed by atoms with Gasteiger partial charge in [-0.05, 0) is 30.9 Å². The molecule has 0 unspecified atom stereocenters. The molecule has 1 aliphatic carbocycles. The van der Waals surface area contributed by atoms with E-state index in [1.54, 1.807) is 17.0 Å².